The summed E-state index contributed by atoms with van der Waals surface area (Å²) >= 11 is 0. The summed E-state index contributed by atoms with van der Waals surface area (Å²) in [4.78, 5) is 27.7. The topological polar surface area (TPSA) is 332 Å². The number of esters is 1. The molecule has 3 heterocycles. The van der Waals surface area contributed by atoms with Crippen LogP contribution in [0.15, 0.2) is 12.2 Å². The summed E-state index contributed by atoms with van der Waals surface area (Å²) in [6.07, 6.45) is -21.1. The number of fused-ring (bicyclic) bond motifs is 7. The Labute approximate surface area is 396 Å². The highest BCUT2D eigenvalue weighted by Crippen LogP contribution is 2.77. The number of rotatable bonds is 11. The fraction of sp³-hybridized carbons (Fsp3) is 0.917. The van der Waals surface area contributed by atoms with Crippen molar-refractivity contribution in [1.82, 2.24) is 0 Å². The third kappa shape index (κ3) is 7.90. The second-order valence-corrected chi connectivity index (χ2v) is 22.7. The van der Waals surface area contributed by atoms with Gasteiger partial charge in [0.25, 0.3) is 0 Å². The molecule has 20 heteroatoms. The van der Waals surface area contributed by atoms with Crippen LogP contribution >= 0.6 is 0 Å². The number of aliphatic hydroxyl groups excluding tert-OH is 12. The summed E-state index contributed by atoms with van der Waals surface area (Å²) in [5.41, 5.74) is -2.97. The van der Waals surface area contributed by atoms with Crippen molar-refractivity contribution in [2.45, 2.75) is 197 Å². The Morgan fingerprint density at radius 1 is 0.706 bits per heavy atom. The standard InChI is InChI=1S/C48H76O20/c1-20(16-49)22-7-12-48(14-13-46(5)23(29(22)48)15-24(52)39-44(3)10-9-28(53)45(4,19-51)27(44)8-11-47(39,46)6)43(62)68-42-36(60)33(57)31(55)26(66-42)18-63-40-37(61)34(58)38(25(17-50)65-40)67-41-35(59)32(56)30(54)21(2)64-41/h19,21-42,49-50,52-61H,1,7-18H2,2-6H3/t21-,22-,23+,24+,25+,26+,27?,28+,29+,30-,31+,32+,33-,34+,35+,36+,37+,38+,39+,40+,41+,42-,44-,45-,46+,47+,48-/m0/s1. The maximum atomic E-state index is 15.0. The van der Waals surface area contributed by atoms with Gasteiger partial charge in [-0.3, -0.25) is 4.79 Å². The summed E-state index contributed by atoms with van der Waals surface area (Å²) in [5.74, 6) is -2.15. The molecule has 12 N–H and O–H groups in total. The molecular formula is C48H76O20. The number of aliphatic hydroxyl groups is 12. The summed E-state index contributed by atoms with van der Waals surface area (Å²) in [7, 11) is 0. The predicted octanol–water partition coefficient (Wildman–Crippen LogP) is -1.85. The maximum Gasteiger partial charge on any atom is 0.314 e. The highest BCUT2D eigenvalue weighted by molar-refractivity contribution is 5.78. The fourth-order valence-electron chi connectivity index (χ4n) is 15.7. The smallest absolute Gasteiger partial charge is 0.314 e. The van der Waals surface area contributed by atoms with E-state index in [4.69, 9.17) is 28.4 Å². The van der Waals surface area contributed by atoms with Crippen LogP contribution in [-0.2, 0) is 38.0 Å². The molecule has 388 valence electrons. The van der Waals surface area contributed by atoms with E-state index in [1.54, 1.807) is 0 Å². The normalized spacial score (nSPS) is 55.8. The first kappa shape index (κ1) is 52.5. The third-order valence-electron chi connectivity index (χ3n) is 19.7. The van der Waals surface area contributed by atoms with Gasteiger partial charge in [-0.25, -0.2) is 0 Å². The first-order valence-corrected chi connectivity index (χ1v) is 24.5. The van der Waals surface area contributed by atoms with Gasteiger partial charge in [-0.2, -0.15) is 0 Å². The molecule has 1 unspecified atom stereocenters. The minimum absolute atomic E-state index is 0.147. The summed E-state index contributed by atoms with van der Waals surface area (Å²) in [6, 6.07) is 0. The molecule has 68 heavy (non-hydrogen) atoms. The molecule has 5 saturated carbocycles. The molecule has 8 fully saturated rings. The average molecular weight is 973 g/mol. The lowest BCUT2D eigenvalue weighted by atomic mass is 9.31. The molecule has 27 atom stereocenters. The molecule has 0 radical (unpaired) electrons. The molecule has 20 nitrogen and oxygen atoms in total. The Morgan fingerprint density at radius 2 is 1.35 bits per heavy atom. The van der Waals surface area contributed by atoms with Crippen molar-refractivity contribution in [3.05, 3.63) is 12.2 Å². The van der Waals surface area contributed by atoms with Gasteiger partial charge < -0.3 is 94.5 Å². The first-order valence-electron chi connectivity index (χ1n) is 24.5. The summed E-state index contributed by atoms with van der Waals surface area (Å²) in [5, 5.41) is 131. The number of hydrogen-bond acceptors (Lipinski definition) is 20. The molecule has 0 aromatic carbocycles. The van der Waals surface area contributed by atoms with Crippen LogP contribution in [0.5, 0.6) is 0 Å². The zero-order chi connectivity index (χ0) is 49.8. The SMILES string of the molecule is C=C(CO)[C@@H]1CC[C@]2(C(=O)O[C@@H]3O[C@H](CO[C@@H]4O[C@H](CO)[C@@H](O[C@H]5O[C@@H](C)[C@H](O)[C@@H](O)[C@H]5O)[C@H](O)[C@H]4O)[C@@H](O)[C@H](O)[C@H]3O)CC[C@]3(C)[C@H](C[C@@H](O)[C@@H]4[C@@]5(C)CC[C@@H](O)[C@@](C)(C=O)C5CC[C@]43C)[C@@H]12. The van der Waals surface area contributed by atoms with E-state index in [2.05, 4.69) is 27.4 Å². The van der Waals surface area contributed by atoms with Gasteiger partial charge in [-0.1, -0.05) is 34.3 Å². The number of carbonyl (C=O) groups excluding carboxylic acids is 2. The summed E-state index contributed by atoms with van der Waals surface area (Å²) in [6.45, 7) is 12.3. The molecule has 3 aliphatic heterocycles. The minimum atomic E-state index is -1.92. The fourth-order valence-corrected chi connectivity index (χ4v) is 15.7. The minimum Gasteiger partial charge on any atom is -0.432 e. The Kier molecular flexibility index (Phi) is 14.6. The zero-order valence-corrected chi connectivity index (χ0v) is 39.6. The van der Waals surface area contributed by atoms with Crippen LogP contribution in [-0.4, -0.2) is 198 Å². The van der Waals surface area contributed by atoms with E-state index in [9.17, 15) is 70.9 Å². The van der Waals surface area contributed by atoms with Crippen molar-refractivity contribution >= 4 is 12.3 Å². The Bertz CT molecular complexity index is 1860. The van der Waals surface area contributed by atoms with Gasteiger partial charge in [-0.05, 0) is 116 Å². The third-order valence-corrected chi connectivity index (χ3v) is 19.7. The molecule has 5 aliphatic carbocycles. The van der Waals surface area contributed by atoms with Crippen LogP contribution in [0, 0.1) is 56.7 Å². The molecule has 0 bridgehead atoms. The van der Waals surface area contributed by atoms with Crippen LogP contribution in [0.1, 0.15) is 92.4 Å². The van der Waals surface area contributed by atoms with Gasteiger partial charge >= 0.3 is 5.97 Å². The lowest BCUT2D eigenvalue weighted by Gasteiger charge is -2.73. The van der Waals surface area contributed by atoms with E-state index in [-0.39, 0.29) is 30.3 Å². The van der Waals surface area contributed by atoms with E-state index >= 15 is 0 Å². The number of ether oxygens (including phenoxy) is 6. The van der Waals surface area contributed by atoms with E-state index in [1.807, 2.05) is 6.92 Å². The molecule has 0 spiro atoms. The predicted molar refractivity (Wildman–Crippen MR) is 232 cm³/mol. The zero-order valence-electron chi connectivity index (χ0n) is 39.6. The van der Waals surface area contributed by atoms with Gasteiger partial charge in [0.1, 0.15) is 73.4 Å². The number of carbonyl (C=O) groups is 2. The lowest BCUT2D eigenvalue weighted by Crippen LogP contribution is -2.70. The van der Waals surface area contributed by atoms with E-state index in [1.165, 1.54) is 6.92 Å². The van der Waals surface area contributed by atoms with Crippen LogP contribution in [0.2, 0.25) is 0 Å². The van der Waals surface area contributed by atoms with Gasteiger partial charge in [0.05, 0.1) is 49.0 Å². The van der Waals surface area contributed by atoms with Crippen LogP contribution < -0.4 is 0 Å². The van der Waals surface area contributed by atoms with Gasteiger partial charge in [0.2, 0.25) is 6.29 Å². The van der Waals surface area contributed by atoms with Crippen LogP contribution in [0.25, 0.3) is 0 Å². The van der Waals surface area contributed by atoms with Crippen molar-refractivity contribution < 1.29 is 99.3 Å². The Hall–Kier alpha value is -1.80. The van der Waals surface area contributed by atoms with E-state index in [0.29, 0.717) is 63.4 Å². The van der Waals surface area contributed by atoms with E-state index < -0.39 is 157 Å². The highest BCUT2D eigenvalue weighted by atomic mass is 16.8. The largest absolute Gasteiger partial charge is 0.432 e. The van der Waals surface area contributed by atoms with Gasteiger partial charge in [0, 0.05) is 0 Å². The first-order chi connectivity index (χ1) is 31.9. The molecule has 3 saturated heterocycles. The Morgan fingerprint density at radius 3 is 2.01 bits per heavy atom. The average Bonchev–Trinajstić information content (AvgIpc) is 3.72. The van der Waals surface area contributed by atoms with Crippen LogP contribution in [0.3, 0.4) is 0 Å². The molecule has 0 aromatic heterocycles. The monoisotopic (exact) mass is 972 g/mol. The van der Waals surface area contributed by atoms with E-state index in [0.717, 1.165) is 6.29 Å². The van der Waals surface area contributed by atoms with Crippen molar-refractivity contribution in [3.63, 3.8) is 0 Å². The second-order valence-electron chi connectivity index (χ2n) is 22.7. The molecule has 0 amide bonds. The van der Waals surface area contributed by atoms with Gasteiger partial charge in [-0.15, -0.1) is 0 Å². The lowest BCUT2D eigenvalue weighted by molar-refractivity contribution is -0.361. The highest BCUT2D eigenvalue weighted by Gasteiger charge is 2.74. The van der Waals surface area contributed by atoms with Crippen molar-refractivity contribution in [3.8, 4) is 0 Å². The molecule has 8 rings (SSSR count). The Balaban J connectivity index is 0.988. The van der Waals surface area contributed by atoms with Gasteiger partial charge in [0.15, 0.2) is 12.6 Å². The second kappa shape index (κ2) is 18.9. The molecular weight excluding hydrogens is 897 g/mol. The van der Waals surface area contributed by atoms with Crippen molar-refractivity contribution in [1.29, 1.82) is 0 Å². The number of aldehydes is 1. The number of hydrogen-bond donors (Lipinski definition) is 12. The maximum absolute atomic E-state index is 15.0. The summed E-state index contributed by atoms with van der Waals surface area (Å²) < 4.78 is 34.5. The molecule has 8 aliphatic rings. The molecule has 0 aromatic rings. The van der Waals surface area contributed by atoms with Crippen molar-refractivity contribution in [2.75, 3.05) is 19.8 Å². The van der Waals surface area contributed by atoms with Crippen LogP contribution in [0.4, 0.5) is 0 Å². The quantitative estimate of drug-likeness (QED) is 0.0614. The van der Waals surface area contributed by atoms with Crippen molar-refractivity contribution in [2.24, 2.45) is 56.7 Å².